The molecular weight excluding hydrogens is 416 g/mol. The topological polar surface area (TPSA) is 183 Å². The number of aliphatic hydroxyl groups is 2. The second-order valence-electron chi connectivity index (χ2n) is 6.81. The molecule has 4 atom stereocenters. The standard InChI is InChI=1S/C20H20O11/c1-8(22)29-19-15(7-21)31-20(18(19)28)30-14-6-12(25)5-13(26)16(14)17(27)9-2-10(23)4-11(24)3-9/h2-6,15,18-21,23-26,28H,7H2,1H3/t15-,18+,19-,20+/m0/s1. The van der Waals surface area contributed by atoms with Gasteiger partial charge < -0.3 is 44.8 Å². The summed E-state index contributed by atoms with van der Waals surface area (Å²) in [6.07, 6.45) is -5.50. The maximum Gasteiger partial charge on any atom is 0.303 e. The van der Waals surface area contributed by atoms with Crippen LogP contribution in [0.1, 0.15) is 22.8 Å². The third kappa shape index (κ3) is 4.63. The van der Waals surface area contributed by atoms with E-state index in [2.05, 4.69) is 0 Å². The van der Waals surface area contributed by atoms with Crippen molar-refractivity contribution in [3.63, 3.8) is 0 Å². The van der Waals surface area contributed by atoms with Crippen LogP contribution in [0, 0.1) is 0 Å². The zero-order valence-electron chi connectivity index (χ0n) is 16.1. The van der Waals surface area contributed by atoms with Gasteiger partial charge in [0.25, 0.3) is 0 Å². The molecule has 6 N–H and O–H groups in total. The van der Waals surface area contributed by atoms with Gasteiger partial charge in [0.15, 0.2) is 12.2 Å². The van der Waals surface area contributed by atoms with E-state index in [0.29, 0.717) is 0 Å². The molecule has 0 bridgehead atoms. The molecule has 0 saturated carbocycles. The van der Waals surface area contributed by atoms with Crippen molar-refractivity contribution < 1.29 is 54.4 Å². The predicted molar refractivity (Wildman–Crippen MR) is 101 cm³/mol. The summed E-state index contributed by atoms with van der Waals surface area (Å²) in [7, 11) is 0. The highest BCUT2D eigenvalue weighted by Crippen LogP contribution is 2.38. The van der Waals surface area contributed by atoms with Crippen molar-refractivity contribution in [1.29, 1.82) is 0 Å². The number of carbonyl (C=O) groups is 2. The molecule has 0 aromatic heterocycles. The van der Waals surface area contributed by atoms with Crippen molar-refractivity contribution in [3.8, 4) is 28.7 Å². The molecule has 1 heterocycles. The molecule has 166 valence electrons. The molecule has 1 aliphatic heterocycles. The molecule has 2 aromatic carbocycles. The summed E-state index contributed by atoms with van der Waals surface area (Å²) >= 11 is 0. The molecule has 0 aliphatic carbocycles. The van der Waals surface area contributed by atoms with Crippen molar-refractivity contribution in [3.05, 3.63) is 41.5 Å². The van der Waals surface area contributed by atoms with Gasteiger partial charge in [-0.1, -0.05) is 0 Å². The lowest BCUT2D eigenvalue weighted by molar-refractivity contribution is -0.153. The Labute approximate surface area is 175 Å². The van der Waals surface area contributed by atoms with Gasteiger partial charge in [-0.05, 0) is 12.1 Å². The van der Waals surface area contributed by atoms with Crippen LogP contribution in [0.5, 0.6) is 28.7 Å². The Morgan fingerprint density at radius 1 is 1.00 bits per heavy atom. The molecule has 1 aliphatic rings. The summed E-state index contributed by atoms with van der Waals surface area (Å²) in [5.41, 5.74) is -0.669. The summed E-state index contributed by atoms with van der Waals surface area (Å²) in [6.45, 7) is 0.485. The van der Waals surface area contributed by atoms with Gasteiger partial charge in [-0.3, -0.25) is 9.59 Å². The Kier molecular flexibility index (Phi) is 6.20. The highest BCUT2D eigenvalue weighted by molar-refractivity contribution is 6.13. The molecule has 3 rings (SSSR count). The average Bonchev–Trinajstić information content (AvgIpc) is 2.95. The highest BCUT2D eigenvalue weighted by atomic mass is 16.7. The van der Waals surface area contributed by atoms with Gasteiger partial charge in [0.2, 0.25) is 12.1 Å². The molecule has 11 nitrogen and oxygen atoms in total. The summed E-state index contributed by atoms with van der Waals surface area (Å²) in [6, 6.07) is 4.92. The maximum atomic E-state index is 12.9. The van der Waals surface area contributed by atoms with Crippen LogP contribution in [-0.2, 0) is 14.3 Å². The first-order valence-electron chi connectivity index (χ1n) is 9.02. The molecule has 31 heavy (non-hydrogen) atoms. The van der Waals surface area contributed by atoms with Gasteiger partial charge >= 0.3 is 5.97 Å². The van der Waals surface area contributed by atoms with Crippen LogP contribution < -0.4 is 4.74 Å². The molecule has 11 heteroatoms. The van der Waals surface area contributed by atoms with Crippen LogP contribution in [-0.4, -0.2) is 73.6 Å². The van der Waals surface area contributed by atoms with Crippen molar-refractivity contribution >= 4 is 11.8 Å². The lowest BCUT2D eigenvalue weighted by Gasteiger charge is -2.20. The first kappa shape index (κ1) is 22.2. The normalized spacial score (nSPS) is 22.8. The van der Waals surface area contributed by atoms with Gasteiger partial charge in [0.1, 0.15) is 40.4 Å². The molecule has 0 unspecified atom stereocenters. The minimum atomic E-state index is -1.57. The Morgan fingerprint density at radius 3 is 2.19 bits per heavy atom. The number of esters is 1. The molecule has 2 aromatic rings. The lowest BCUT2D eigenvalue weighted by Crippen LogP contribution is -2.39. The second kappa shape index (κ2) is 8.68. The van der Waals surface area contributed by atoms with Crippen molar-refractivity contribution in [1.82, 2.24) is 0 Å². The van der Waals surface area contributed by atoms with Gasteiger partial charge in [-0.25, -0.2) is 0 Å². The summed E-state index contributed by atoms with van der Waals surface area (Å²) in [4.78, 5) is 24.2. The van der Waals surface area contributed by atoms with Crippen LogP contribution >= 0.6 is 0 Å². The van der Waals surface area contributed by atoms with E-state index in [-0.39, 0.29) is 5.56 Å². The fourth-order valence-electron chi connectivity index (χ4n) is 3.19. The molecule has 1 saturated heterocycles. The molecular formula is C20H20O11. The predicted octanol–water partition coefficient (Wildman–Crippen LogP) is 0.129. The second-order valence-corrected chi connectivity index (χ2v) is 6.81. The van der Waals surface area contributed by atoms with Crippen molar-refractivity contribution in [2.45, 2.75) is 31.5 Å². The summed E-state index contributed by atoms with van der Waals surface area (Å²) in [5.74, 6) is -4.02. The number of carbonyl (C=O) groups excluding carboxylic acids is 2. The summed E-state index contributed by atoms with van der Waals surface area (Å²) in [5, 5.41) is 59.2. The fourth-order valence-corrected chi connectivity index (χ4v) is 3.19. The number of phenolic OH excluding ortho intramolecular Hbond substituents is 4. The third-order valence-electron chi connectivity index (χ3n) is 4.47. The van der Waals surface area contributed by atoms with E-state index in [4.69, 9.17) is 14.2 Å². The zero-order valence-corrected chi connectivity index (χ0v) is 16.1. The van der Waals surface area contributed by atoms with E-state index in [0.717, 1.165) is 37.3 Å². The van der Waals surface area contributed by atoms with Crippen LogP contribution in [0.3, 0.4) is 0 Å². The first-order chi connectivity index (χ1) is 14.6. The zero-order chi connectivity index (χ0) is 22.9. The van der Waals surface area contributed by atoms with E-state index in [1.165, 1.54) is 0 Å². The van der Waals surface area contributed by atoms with Gasteiger partial charge in [-0.15, -0.1) is 0 Å². The monoisotopic (exact) mass is 436 g/mol. The van der Waals surface area contributed by atoms with E-state index in [1.807, 2.05) is 0 Å². The Bertz CT molecular complexity index is 983. The number of rotatable bonds is 6. The Balaban J connectivity index is 1.97. The maximum absolute atomic E-state index is 12.9. The van der Waals surface area contributed by atoms with Crippen molar-refractivity contribution in [2.75, 3.05) is 6.61 Å². The largest absolute Gasteiger partial charge is 0.508 e. The van der Waals surface area contributed by atoms with Gasteiger partial charge in [0, 0.05) is 30.7 Å². The molecule has 0 amide bonds. The number of ketones is 1. The molecule has 1 fully saturated rings. The minimum Gasteiger partial charge on any atom is -0.508 e. The Hall–Kier alpha value is -3.54. The Morgan fingerprint density at radius 2 is 1.61 bits per heavy atom. The number of hydrogen-bond acceptors (Lipinski definition) is 11. The number of ether oxygens (including phenoxy) is 3. The quantitative estimate of drug-likeness (QED) is 0.267. The number of aromatic hydroxyl groups is 4. The first-order valence-corrected chi connectivity index (χ1v) is 9.02. The lowest BCUT2D eigenvalue weighted by atomic mass is 10.0. The van der Waals surface area contributed by atoms with Crippen LogP contribution in [0.2, 0.25) is 0 Å². The molecule has 0 radical (unpaired) electrons. The van der Waals surface area contributed by atoms with Crippen LogP contribution in [0.4, 0.5) is 0 Å². The van der Waals surface area contributed by atoms with E-state index in [9.17, 15) is 40.2 Å². The van der Waals surface area contributed by atoms with E-state index >= 15 is 0 Å². The highest BCUT2D eigenvalue weighted by Gasteiger charge is 2.47. The molecule has 0 spiro atoms. The third-order valence-corrected chi connectivity index (χ3v) is 4.47. The van der Waals surface area contributed by atoms with E-state index < -0.39 is 77.3 Å². The van der Waals surface area contributed by atoms with Crippen LogP contribution in [0.25, 0.3) is 0 Å². The summed E-state index contributed by atoms with van der Waals surface area (Å²) < 4.78 is 15.8. The van der Waals surface area contributed by atoms with Crippen LogP contribution in [0.15, 0.2) is 30.3 Å². The number of phenols is 4. The van der Waals surface area contributed by atoms with Crippen molar-refractivity contribution in [2.24, 2.45) is 0 Å². The number of hydrogen-bond donors (Lipinski definition) is 6. The number of benzene rings is 2. The van der Waals surface area contributed by atoms with Gasteiger partial charge in [-0.2, -0.15) is 0 Å². The number of aliphatic hydroxyl groups excluding tert-OH is 2. The fraction of sp³-hybridized carbons (Fsp3) is 0.300. The van der Waals surface area contributed by atoms with Gasteiger partial charge in [0.05, 0.1) is 6.61 Å². The SMILES string of the molecule is CC(=O)O[C@@H]1[C@@H](O)[C@H](Oc2cc(O)cc(O)c2C(=O)c2cc(O)cc(O)c2)O[C@H]1CO. The smallest absolute Gasteiger partial charge is 0.303 e. The van der Waals surface area contributed by atoms with E-state index in [1.54, 1.807) is 0 Å². The minimum absolute atomic E-state index is 0.206. The average molecular weight is 436 g/mol.